The van der Waals surface area contributed by atoms with Gasteiger partial charge in [0.05, 0.1) is 17.4 Å². The molecule has 10 heteroatoms. The smallest absolute Gasteiger partial charge is 0.176 e. The van der Waals surface area contributed by atoms with Gasteiger partial charge in [-0.15, -0.1) is 11.3 Å². The minimum atomic E-state index is -0.233. The lowest BCUT2D eigenvalue weighted by molar-refractivity contribution is 0.331. The van der Waals surface area contributed by atoms with Crippen molar-refractivity contribution >= 4 is 33.4 Å². The van der Waals surface area contributed by atoms with Crippen molar-refractivity contribution in [3.05, 3.63) is 65.8 Å². The normalized spacial score (nSPS) is 14.4. The minimum absolute atomic E-state index is 0.233. The number of nitrogens with zero attached hydrogens (tertiary/aromatic N) is 6. The summed E-state index contributed by atoms with van der Waals surface area (Å²) in [4.78, 5) is 24.9. The number of rotatable bonds is 5. The van der Waals surface area contributed by atoms with E-state index in [1.54, 1.807) is 18.5 Å². The number of halogens is 1. The monoisotopic (exact) mass is 496 g/mol. The number of hydrogen-bond donors (Lipinski definition) is 2. The van der Waals surface area contributed by atoms with Crippen LogP contribution in [-0.2, 0) is 6.54 Å². The molecule has 0 unspecified atom stereocenters. The van der Waals surface area contributed by atoms with Gasteiger partial charge in [0.25, 0.3) is 0 Å². The third kappa shape index (κ3) is 3.75. The van der Waals surface area contributed by atoms with Gasteiger partial charge in [0.1, 0.15) is 11.2 Å². The minimum Gasteiger partial charge on any atom is -0.321 e. The van der Waals surface area contributed by atoms with E-state index in [0.717, 1.165) is 63.6 Å². The highest BCUT2D eigenvalue weighted by Crippen LogP contribution is 2.34. The maximum atomic E-state index is 13.7. The van der Waals surface area contributed by atoms with Crippen LogP contribution in [0.4, 0.5) is 4.39 Å². The lowest BCUT2D eigenvalue weighted by Gasteiger charge is -2.14. The van der Waals surface area contributed by atoms with Gasteiger partial charge in [-0.25, -0.2) is 9.97 Å². The first kappa shape index (κ1) is 21.3. The number of aromatic nitrogens is 7. The van der Waals surface area contributed by atoms with Gasteiger partial charge in [0.15, 0.2) is 16.6 Å². The van der Waals surface area contributed by atoms with Gasteiger partial charge in [-0.3, -0.25) is 20.0 Å². The van der Waals surface area contributed by atoms with Crippen LogP contribution in [0.5, 0.6) is 0 Å². The van der Waals surface area contributed by atoms with Gasteiger partial charge >= 0.3 is 0 Å². The zero-order chi connectivity index (χ0) is 24.1. The number of hydrogen-bond acceptors (Lipinski definition) is 7. The summed E-state index contributed by atoms with van der Waals surface area (Å²) in [5.41, 5.74) is 6.60. The van der Waals surface area contributed by atoms with Crippen LogP contribution in [0.2, 0.25) is 0 Å². The molecule has 0 aliphatic carbocycles. The zero-order valence-electron chi connectivity index (χ0n) is 19.2. The number of aromatic amines is 2. The molecule has 1 aliphatic heterocycles. The molecule has 7 rings (SSSR count). The molecule has 0 aromatic carbocycles. The molecule has 36 heavy (non-hydrogen) atoms. The van der Waals surface area contributed by atoms with Crippen molar-refractivity contribution in [1.82, 2.24) is 40.0 Å². The number of fused-ring (bicyclic) bond motifs is 2. The third-order valence-corrected chi connectivity index (χ3v) is 7.50. The standard InChI is InChI=1S/C26H21FN8S/c27-22-4-3-21(36-22)17-5-6-29-25-23(17)31-26(32-25)24-18-10-19(30-13-20(18)33-34-24)16-9-15(11-28-12-16)14-35-7-1-2-8-35/h3-6,9-13H,1-2,7-8,14H2,(H,33,34)(H,29,31,32). The number of H-pyrrole nitrogens is 2. The topological polar surface area (TPSA) is 99.3 Å². The molecule has 178 valence electrons. The van der Waals surface area contributed by atoms with E-state index in [4.69, 9.17) is 4.98 Å². The molecule has 0 atom stereocenters. The third-order valence-electron chi connectivity index (χ3n) is 6.59. The van der Waals surface area contributed by atoms with Gasteiger partial charge in [0.2, 0.25) is 0 Å². The largest absolute Gasteiger partial charge is 0.321 e. The maximum Gasteiger partial charge on any atom is 0.176 e. The first-order chi connectivity index (χ1) is 17.7. The van der Waals surface area contributed by atoms with Gasteiger partial charge in [-0.1, -0.05) is 0 Å². The van der Waals surface area contributed by atoms with Gasteiger partial charge in [-0.2, -0.15) is 9.49 Å². The highest BCUT2D eigenvalue weighted by Gasteiger charge is 2.18. The Bertz CT molecular complexity index is 1710. The molecule has 0 amide bonds. The summed E-state index contributed by atoms with van der Waals surface area (Å²) < 4.78 is 13.7. The van der Waals surface area contributed by atoms with Crippen molar-refractivity contribution in [2.75, 3.05) is 13.1 Å². The highest BCUT2D eigenvalue weighted by molar-refractivity contribution is 7.14. The molecule has 1 saturated heterocycles. The molecule has 8 nitrogen and oxygen atoms in total. The molecule has 1 aliphatic rings. The Hall–Kier alpha value is -4.02. The molecule has 7 heterocycles. The van der Waals surface area contributed by atoms with E-state index < -0.39 is 0 Å². The summed E-state index contributed by atoms with van der Waals surface area (Å²) in [6, 6.07) is 9.25. The van der Waals surface area contributed by atoms with Crippen LogP contribution in [0.15, 0.2) is 55.1 Å². The molecule has 1 fully saturated rings. The van der Waals surface area contributed by atoms with Crippen molar-refractivity contribution in [3.8, 4) is 33.2 Å². The molecule has 6 aromatic rings. The second-order valence-electron chi connectivity index (χ2n) is 9.00. The number of pyridine rings is 3. The fourth-order valence-corrected chi connectivity index (χ4v) is 5.61. The second kappa shape index (κ2) is 8.58. The number of thiophene rings is 1. The molecule has 0 saturated carbocycles. The molecular weight excluding hydrogens is 475 g/mol. The summed E-state index contributed by atoms with van der Waals surface area (Å²) in [6.07, 6.45) is 9.79. The van der Waals surface area contributed by atoms with Crippen LogP contribution < -0.4 is 0 Å². The number of likely N-dealkylation sites (tertiary alicyclic amines) is 1. The van der Waals surface area contributed by atoms with Crippen LogP contribution in [0, 0.1) is 5.13 Å². The Balaban J connectivity index is 1.28. The maximum absolute atomic E-state index is 13.7. The van der Waals surface area contributed by atoms with E-state index in [2.05, 4.69) is 41.1 Å². The van der Waals surface area contributed by atoms with Crippen molar-refractivity contribution < 1.29 is 4.39 Å². The highest BCUT2D eigenvalue weighted by atomic mass is 32.1. The first-order valence-electron chi connectivity index (χ1n) is 11.8. The van der Waals surface area contributed by atoms with Gasteiger partial charge in [-0.05, 0) is 61.8 Å². The molecule has 0 spiro atoms. The van der Waals surface area contributed by atoms with E-state index in [0.29, 0.717) is 22.7 Å². The average molecular weight is 497 g/mol. The molecule has 0 radical (unpaired) electrons. The fourth-order valence-electron chi connectivity index (χ4n) is 4.85. The summed E-state index contributed by atoms with van der Waals surface area (Å²) in [7, 11) is 0. The summed E-state index contributed by atoms with van der Waals surface area (Å²) >= 11 is 1.09. The molecule has 6 aromatic heterocycles. The molecule has 2 N–H and O–H groups in total. The summed E-state index contributed by atoms with van der Waals surface area (Å²) in [6.45, 7) is 3.19. The number of nitrogens with one attached hydrogen (secondary N) is 2. The Morgan fingerprint density at radius 1 is 1.03 bits per heavy atom. The Kier molecular flexibility index (Phi) is 5.07. The summed E-state index contributed by atoms with van der Waals surface area (Å²) in [5, 5.41) is 8.24. The lowest BCUT2D eigenvalue weighted by atomic mass is 10.1. The second-order valence-corrected chi connectivity index (χ2v) is 10.0. The predicted molar refractivity (Wildman–Crippen MR) is 138 cm³/mol. The van der Waals surface area contributed by atoms with E-state index in [-0.39, 0.29) is 5.13 Å². The van der Waals surface area contributed by atoms with E-state index in [1.807, 2.05) is 24.5 Å². The van der Waals surface area contributed by atoms with E-state index >= 15 is 0 Å². The van der Waals surface area contributed by atoms with Crippen LogP contribution >= 0.6 is 11.3 Å². The number of imidazole rings is 1. The fraction of sp³-hybridized carbons (Fsp3) is 0.192. The quantitative estimate of drug-likeness (QED) is 0.331. The molecular formula is C26H21FN8S. The zero-order valence-corrected chi connectivity index (χ0v) is 20.0. The van der Waals surface area contributed by atoms with Crippen LogP contribution in [0.1, 0.15) is 18.4 Å². The van der Waals surface area contributed by atoms with Crippen molar-refractivity contribution in [1.29, 1.82) is 0 Å². The molecule has 0 bridgehead atoms. The summed E-state index contributed by atoms with van der Waals surface area (Å²) in [5.74, 6) is 0.589. The predicted octanol–water partition coefficient (Wildman–Crippen LogP) is 5.42. The first-order valence-corrected chi connectivity index (χ1v) is 12.6. The van der Waals surface area contributed by atoms with Gasteiger partial charge < -0.3 is 4.98 Å². The van der Waals surface area contributed by atoms with E-state index in [1.165, 1.54) is 24.5 Å². The Morgan fingerprint density at radius 2 is 1.94 bits per heavy atom. The van der Waals surface area contributed by atoms with Crippen LogP contribution in [-0.4, -0.2) is 53.1 Å². The van der Waals surface area contributed by atoms with Gasteiger partial charge in [0, 0.05) is 46.5 Å². The Morgan fingerprint density at radius 3 is 2.81 bits per heavy atom. The van der Waals surface area contributed by atoms with Crippen molar-refractivity contribution in [3.63, 3.8) is 0 Å². The average Bonchev–Trinajstić information content (AvgIpc) is 3.70. The lowest BCUT2D eigenvalue weighted by Crippen LogP contribution is -2.18. The SMILES string of the molecule is Fc1ccc(-c2ccnc3[nH]c(-c4n[nH]c5cnc(-c6cncc(CN7CCCC7)c6)cc45)nc23)s1. The van der Waals surface area contributed by atoms with Crippen molar-refractivity contribution in [2.45, 2.75) is 19.4 Å². The van der Waals surface area contributed by atoms with E-state index in [9.17, 15) is 4.39 Å². The Labute approximate surface area is 209 Å². The van der Waals surface area contributed by atoms with Crippen LogP contribution in [0.25, 0.3) is 55.3 Å². The van der Waals surface area contributed by atoms with Crippen LogP contribution in [0.3, 0.4) is 0 Å². The van der Waals surface area contributed by atoms with Crippen molar-refractivity contribution in [2.24, 2.45) is 0 Å².